The van der Waals surface area contributed by atoms with Crippen molar-refractivity contribution < 1.29 is 0 Å². The van der Waals surface area contributed by atoms with Crippen molar-refractivity contribution in [3.05, 3.63) is 115 Å². The number of rotatable bonds is 3. The monoisotopic (exact) mass is 569 g/mol. The first-order chi connectivity index (χ1) is 18.9. The molecule has 3 heterocycles. The molecule has 8 aromatic rings. The Labute approximate surface area is 228 Å². The Hall–Kier alpha value is -4.15. The van der Waals surface area contributed by atoms with Gasteiger partial charge in [0.25, 0.3) is 0 Å². The first-order valence-corrected chi connectivity index (χ1v) is 15.0. The summed E-state index contributed by atoms with van der Waals surface area (Å²) in [6.07, 6.45) is 0. The van der Waals surface area contributed by atoms with E-state index in [1.54, 1.807) is 0 Å². The van der Waals surface area contributed by atoms with Crippen molar-refractivity contribution in [3.8, 4) is 33.6 Å². The molecule has 0 saturated carbocycles. The van der Waals surface area contributed by atoms with Gasteiger partial charge < -0.3 is 0 Å². The third-order valence-electron chi connectivity index (χ3n) is 7.14. The van der Waals surface area contributed by atoms with Gasteiger partial charge in [-0.15, -0.1) is 0 Å². The zero-order valence-electron chi connectivity index (χ0n) is 20.1. The molecule has 178 valence electrons. The fourth-order valence-electron chi connectivity index (χ4n) is 5.52. The van der Waals surface area contributed by atoms with Crippen LogP contribution in [-0.2, 0) is 0 Å². The van der Waals surface area contributed by atoms with Gasteiger partial charge in [-0.2, -0.15) is 0 Å². The number of benzene rings is 5. The Morgan fingerprint density at radius 1 is 0.500 bits per heavy atom. The van der Waals surface area contributed by atoms with Crippen LogP contribution in [0.1, 0.15) is 0 Å². The van der Waals surface area contributed by atoms with Gasteiger partial charge in [-0.25, -0.2) is 0 Å². The van der Waals surface area contributed by atoms with Gasteiger partial charge >= 0.3 is 230 Å². The van der Waals surface area contributed by atoms with E-state index >= 15 is 0 Å². The zero-order chi connectivity index (χ0) is 25.1. The Bertz CT molecular complexity index is 2140. The molecule has 0 amide bonds. The van der Waals surface area contributed by atoms with Gasteiger partial charge in [0.05, 0.1) is 0 Å². The van der Waals surface area contributed by atoms with E-state index in [0.717, 1.165) is 33.6 Å². The number of fused-ring (bicyclic) bond motifs is 6. The SMILES string of the molecule is c1ccc(-c2nnnc(-c3cccc4[se]c5ccccc5c34)c2-c2cccc3sc4ccccc4c23)cc1. The zero-order valence-corrected chi connectivity index (χ0v) is 22.7. The first kappa shape index (κ1) is 21.9. The summed E-state index contributed by atoms with van der Waals surface area (Å²) < 4.78 is 5.35. The summed E-state index contributed by atoms with van der Waals surface area (Å²) >= 11 is 2.10. The van der Waals surface area contributed by atoms with Crippen LogP contribution in [0.15, 0.2) is 115 Å². The first-order valence-electron chi connectivity index (χ1n) is 12.5. The predicted octanol–water partition coefficient (Wildman–Crippen LogP) is 8.60. The summed E-state index contributed by atoms with van der Waals surface area (Å²) in [5.41, 5.74) is 6.07. The van der Waals surface area contributed by atoms with Crippen LogP contribution < -0.4 is 0 Å². The third-order valence-corrected chi connectivity index (χ3v) is 10.7. The van der Waals surface area contributed by atoms with Gasteiger partial charge in [0.15, 0.2) is 0 Å². The fraction of sp³-hybridized carbons (Fsp3) is 0. The summed E-state index contributed by atoms with van der Waals surface area (Å²) in [4.78, 5) is 0. The normalized spacial score (nSPS) is 11.7. The number of hydrogen-bond donors (Lipinski definition) is 0. The predicted molar refractivity (Wildman–Crippen MR) is 161 cm³/mol. The van der Waals surface area contributed by atoms with Crippen molar-refractivity contribution >= 4 is 65.3 Å². The molecule has 0 aliphatic heterocycles. The molecule has 0 fully saturated rings. The maximum absolute atomic E-state index is 4.78. The Morgan fingerprint density at radius 2 is 1.18 bits per heavy atom. The second-order valence-electron chi connectivity index (χ2n) is 9.28. The van der Waals surface area contributed by atoms with E-state index in [0.29, 0.717) is 0 Å². The molecule has 0 aliphatic rings. The van der Waals surface area contributed by atoms with Gasteiger partial charge in [0, 0.05) is 0 Å². The molecule has 0 spiro atoms. The number of aromatic nitrogens is 3. The number of nitrogens with zero attached hydrogens (tertiary/aromatic N) is 3. The van der Waals surface area contributed by atoms with Crippen LogP contribution in [0.3, 0.4) is 0 Å². The van der Waals surface area contributed by atoms with Crippen molar-refractivity contribution in [2.45, 2.75) is 0 Å². The van der Waals surface area contributed by atoms with Crippen LogP contribution in [0.5, 0.6) is 0 Å². The Morgan fingerprint density at radius 3 is 2.11 bits per heavy atom. The molecule has 0 radical (unpaired) electrons. The molecular weight excluding hydrogens is 549 g/mol. The average molecular weight is 569 g/mol. The second kappa shape index (κ2) is 8.71. The van der Waals surface area contributed by atoms with Gasteiger partial charge in [0.2, 0.25) is 0 Å². The topological polar surface area (TPSA) is 38.7 Å². The van der Waals surface area contributed by atoms with E-state index in [2.05, 4.69) is 120 Å². The molecule has 3 nitrogen and oxygen atoms in total. The standard InChI is InChI=1S/C33H19N3SSe/c1-2-10-20(11-3-1)32-31(23-14-8-17-26-29(23)21-12-4-6-16-25(21)37-26)33(35-36-34-32)24-15-9-19-28-30(24)22-13-5-7-18-27(22)38-28/h1-19H. The molecule has 0 atom stereocenters. The van der Waals surface area contributed by atoms with Gasteiger partial charge in [-0.3, -0.25) is 0 Å². The molecule has 0 unspecified atom stereocenters. The van der Waals surface area contributed by atoms with Gasteiger partial charge in [-0.1, -0.05) is 0 Å². The minimum atomic E-state index is 0.272. The molecule has 0 N–H and O–H groups in total. The molecule has 3 aromatic heterocycles. The van der Waals surface area contributed by atoms with Crippen molar-refractivity contribution in [3.63, 3.8) is 0 Å². The molecule has 5 heteroatoms. The molecule has 8 rings (SSSR count). The van der Waals surface area contributed by atoms with E-state index in [9.17, 15) is 0 Å². The van der Waals surface area contributed by atoms with Crippen molar-refractivity contribution in [2.24, 2.45) is 0 Å². The van der Waals surface area contributed by atoms with Crippen LogP contribution in [0.4, 0.5) is 0 Å². The molecule has 38 heavy (non-hydrogen) atoms. The molecule has 0 aliphatic carbocycles. The van der Waals surface area contributed by atoms with Gasteiger partial charge in [-0.05, 0) is 0 Å². The fourth-order valence-corrected chi connectivity index (χ4v) is 9.03. The van der Waals surface area contributed by atoms with Crippen molar-refractivity contribution in [1.29, 1.82) is 0 Å². The van der Waals surface area contributed by atoms with Gasteiger partial charge in [0.1, 0.15) is 0 Å². The van der Waals surface area contributed by atoms with E-state index in [-0.39, 0.29) is 14.5 Å². The van der Waals surface area contributed by atoms with Crippen molar-refractivity contribution in [1.82, 2.24) is 15.4 Å². The number of hydrogen-bond acceptors (Lipinski definition) is 4. The third kappa shape index (κ3) is 3.30. The van der Waals surface area contributed by atoms with Crippen molar-refractivity contribution in [2.75, 3.05) is 0 Å². The summed E-state index contributed by atoms with van der Waals surface area (Å²) in [5.74, 6) is 0. The Kier molecular flexibility index (Phi) is 5.02. The van der Waals surface area contributed by atoms with Crippen LogP contribution in [0.25, 0.3) is 73.1 Å². The van der Waals surface area contributed by atoms with E-state index in [4.69, 9.17) is 5.10 Å². The maximum atomic E-state index is 4.78. The summed E-state index contributed by atoms with van der Waals surface area (Å²) in [7, 11) is 0. The molecule has 0 bridgehead atoms. The van der Waals surface area contributed by atoms with Crippen LogP contribution in [0, 0.1) is 0 Å². The van der Waals surface area contributed by atoms with Crippen LogP contribution >= 0.6 is 11.3 Å². The van der Waals surface area contributed by atoms with Crippen LogP contribution in [-0.4, -0.2) is 29.9 Å². The van der Waals surface area contributed by atoms with E-state index < -0.39 is 0 Å². The second-order valence-corrected chi connectivity index (χ2v) is 12.6. The van der Waals surface area contributed by atoms with E-state index in [1.165, 1.54) is 39.5 Å². The summed E-state index contributed by atoms with van der Waals surface area (Å²) in [6, 6.07) is 41.0. The number of thiophene rings is 1. The molecule has 5 aromatic carbocycles. The summed E-state index contributed by atoms with van der Waals surface area (Å²) in [6.45, 7) is 0. The average Bonchev–Trinajstić information content (AvgIpc) is 3.56. The quantitative estimate of drug-likeness (QED) is 0.200. The Balaban J connectivity index is 1.55. The summed E-state index contributed by atoms with van der Waals surface area (Å²) in [5, 5.41) is 18.9. The molecular formula is C33H19N3SSe. The van der Waals surface area contributed by atoms with Crippen LogP contribution in [0.2, 0.25) is 0 Å². The molecule has 0 saturated heterocycles. The minimum absolute atomic E-state index is 0.272. The van der Waals surface area contributed by atoms with E-state index in [1.807, 2.05) is 17.4 Å².